The molecule has 0 amide bonds. The van der Waals surface area contributed by atoms with Crippen molar-refractivity contribution in [3.63, 3.8) is 0 Å². The third kappa shape index (κ3) is 8.27. The number of unbranched alkanes of at least 4 members (excludes halogenated alkanes) is 2. The Labute approximate surface area is 223 Å². The van der Waals surface area contributed by atoms with Gasteiger partial charge in [-0.15, -0.1) is 0 Å². The Morgan fingerprint density at radius 1 is 1.00 bits per heavy atom. The van der Waals surface area contributed by atoms with Gasteiger partial charge in [-0.3, -0.25) is 0 Å². The van der Waals surface area contributed by atoms with Crippen molar-refractivity contribution in [2.75, 3.05) is 0 Å². The van der Waals surface area contributed by atoms with Crippen LogP contribution in [-0.4, -0.2) is 24.0 Å². The Kier molecular flexibility index (Phi) is 11.6. The van der Waals surface area contributed by atoms with Gasteiger partial charge in [0.2, 0.25) is 0 Å². The predicted molar refractivity (Wildman–Crippen MR) is 151 cm³/mol. The minimum atomic E-state index is -0.766. The molecule has 0 radical (unpaired) electrons. The Bertz CT molecular complexity index is 946. The molecule has 0 bridgehead atoms. The minimum absolute atomic E-state index is 0.0787. The van der Waals surface area contributed by atoms with Gasteiger partial charge in [0.15, 0.2) is 0 Å². The quantitative estimate of drug-likeness (QED) is 0.149. The standard InChI is InChI=1S/C31H48N2O4/c1-9-10-11-12-22-16-25(36-30(34)28(32)19(4)5)27(24-15-21(8)13-14-23(24)18(2)3)26(17-22)37-31(35)29(33)20(6)7/h15-17,19-20,23-24,28-29H,2,9-14,32-33H2,1,3-8H3/t23?,24?,28-,29-/m0/s1. The van der Waals surface area contributed by atoms with Crippen LogP contribution in [0, 0.1) is 17.8 Å². The van der Waals surface area contributed by atoms with Crippen LogP contribution in [0.15, 0.2) is 35.9 Å². The van der Waals surface area contributed by atoms with Gasteiger partial charge in [-0.2, -0.15) is 0 Å². The molecule has 1 aromatic carbocycles. The van der Waals surface area contributed by atoms with Crippen LogP contribution < -0.4 is 20.9 Å². The van der Waals surface area contributed by atoms with Gasteiger partial charge in [0.1, 0.15) is 23.6 Å². The molecule has 1 aromatic rings. The SMILES string of the molecule is C=C(C)C1CCC(C)=CC1c1c(OC(=O)[C@@H](N)C(C)C)cc(CCCCC)cc1OC(=O)[C@@H](N)C(C)C. The molecule has 0 heterocycles. The van der Waals surface area contributed by atoms with Crippen molar-refractivity contribution in [3.8, 4) is 11.5 Å². The van der Waals surface area contributed by atoms with Crippen molar-refractivity contribution < 1.29 is 19.1 Å². The summed E-state index contributed by atoms with van der Waals surface area (Å²) in [6.45, 7) is 18.1. The van der Waals surface area contributed by atoms with Gasteiger partial charge >= 0.3 is 11.9 Å². The van der Waals surface area contributed by atoms with Crippen molar-refractivity contribution in [3.05, 3.63) is 47.1 Å². The average molecular weight is 513 g/mol. The van der Waals surface area contributed by atoms with Crippen LogP contribution >= 0.6 is 0 Å². The number of hydrogen-bond donors (Lipinski definition) is 2. The average Bonchev–Trinajstić information content (AvgIpc) is 2.82. The highest BCUT2D eigenvalue weighted by molar-refractivity contribution is 5.81. The van der Waals surface area contributed by atoms with Gasteiger partial charge in [-0.25, -0.2) is 9.59 Å². The Balaban J connectivity index is 2.74. The number of hydrogen-bond acceptors (Lipinski definition) is 6. The topological polar surface area (TPSA) is 105 Å². The monoisotopic (exact) mass is 512 g/mol. The van der Waals surface area contributed by atoms with Gasteiger partial charge in [0, 0.05) is 11.5 Å². The highest BCUT2D eigenvalue weighted by Gasteiger charge is 2.34. The second-order valence-electron chi connectivity index (χ2n) is 11.4. The fourth-order valence-electron chi connectivity index (χ4n) is 4.68. The largest absolute Gasteiger partial charge is 0.425 e. The maximum atomic E-state index is 13.1. The maximum Gasteiger partial charge on any atom is 0.328 e. The molecule has 37 heavy (non-hydrogen) atoms. The fraction of sp³-hybridized carbons (Fsp3) is 0.613. The minimum Gasteiger partial charge on any atom is -0.425 e. The number of benzene rings is 1. The summed E-state index contributed by atoms with van der Waals surface area (Å²) in [5.41, 5.74) is 16.2. The number of carbonyl (C=O) groups is 2. The van der Waals surface area contributed by atoms with E-state index in [4.69, 9.17) is 20.9 Å². The number of nitrogens with two attached hydrogens (primary N) is 2. The summed E-state index contributed by atoms with van der Waals surface area (Å²) in [6.07, 6.45) is 7.98. The molecule has 6 nitrogen and oxygen atoms in total. The first-order chi connectivity index (χ1) is 17.4. The van der Waals surface area contributed by atoms with E-state index < -0.39 is 24.0 Å². The van der Waals surface area contributed by atoms with Crippen molar-refractivity contribution >= 4 is 11.9 Å². The summed E-state index contributed by atoms with van der Waals surface area (Å²) in [7, 11) is 0. The first kappa shape index (κ1) is 30.8. The molecule has 0 saturated carbocycles. The molecule has 2 unspecified atom stereocenters. The summed E-state index contributed by atoms with van der Waals surface area (Å²) in [5, 5.41) is 0. The van der Waals surface area contributed by atoms with E-state index in [1.54, 1.807) is 0 Å². The van der Waals surface area contributed by atoms with Crippen molar-refractivity contribution in [2.24, 2.45) is 29.2 Å². The normalized spacial score (nSPS) is 19.4. The zero-order valence-electron chi connectivity index (χ0n) is 23.9. The number of rotatable bonds is 12. The van der Waals surface area contributed by atoms with Crippen LogP contribution in [0.3, 0.4) is 0 Å². The molecular weight excluding hydrogens is 464 g/mol. The van der Waals surface area contributed by atoms with E-state index in [0.29, 0.717) is 17.1 Å². The van der Waals surface area contributed by atoms with Crippen molar-refractivity contribution in [1.29, 1.82) is 0 Å². The van der Waals surface area contributed by atoms with E-state index in [1.165, 1.54) is 5.57 Å². The van der Waals surface area contributed by atoms with Crippen LogP contribution in [0.4, 0.5) is 0 Å². The first-order valence-electron chi connectivity index (χ1n) is 13.8. The maximum absolute atomic E-state index is 13.1. The predicted octanol–water partition coefficient (Wildman–Crippen LogP) is 6.21. The van der Waals surface area contributed by atoms with Crippen LogP contribution in [-0.2, 0) is 16.0 Å². The van der Waals surface area contributed by atoms with Crippen LogP contribution in [0.1, 0.15) is 97.6 Å². The highest BCUT2D eigenvalue weighted by atomic mass is 16.5. The molecular formula is C31H48N2O4. The van der Waals surface area contributed by atoms with E-state index in [9.17, 15) is 9.59 Å². The van der Waals surface area contributed by atoms with Gasteiger partial charge in [-0.1, -0.05) is 71.3 Å². The lowest BCUT2D eigenvalue weighted by atomic mass is 9.73. The summed E-state index contributed by atoms with van der Waals surface area (Å²) >= 11 is 0. The number of ether oxygens (including phenoxy) is 2. The highest BCUT2D eigenvalue weighted by Crippen LogP contribution is 2.47. The van der Waals surface area contributed by atoms with E-state index >= 15 is 0 Å². The molecule has 4 N–H and O–H groups in total. The zero-order valence-corrected chi connectivity index (χ0v) is 23.9. The number of esters is 2. The molecule has 0 fully saturated rings. The molecule has 0 spiro atoms. The summed E-state index contributed by atoms with van der Waals surface area (Å²) in [4.78, 5) is 26.1. The molecule has 0 aromatic heterocycles. The van der Waals surface area contributed by atoms with E-state index in [-0.39, 0.29) is 23.7 Å². The molecule has 206 valence electrons. The van der Waals surface area contributed by atoms with Crippen molar-refractivity contribution in [1.82, 2.24) is 0 Å². The first-order valence-corrected chi connectivity index (χ1v) is 13.8. The Morgan fingerprint density at radius 3 is 1.95 bits per heavy atom. The van der Waals surface area contributed by atoms with Gasteiger partial charge < -0.3 is 20.9 Å². The number of carbonyl (C=O) groups excluding carboxylic acids is 2. The number of allylic oxidation sites excluding steroid dienone is 3. The number of aryl methyl sites for hydroxylation is 1. The van der Waals surface area contributed by atoms with Crippen molar-refractivity contribution in [2.45, 2.75) is 105 Å². The summed E-state index contributed by atoms with van der Waals surface area (Å²) in [5.74, 6) is -0.399. The van der Waals surface area contributed by atoms with Gasteiger partial charge in [-0.05, 0) is 75.0 Å². The third-order valence-electron chi connectivity index (χ3n) is 7.35. The molecule has 0 saturated heterocycles. The molecule has 0 aliphatic heterocycles. The molecule has 2 rings (SSSR count). The molecule has 1 aliphatic carbocycles. The molecule has 4 atom stereocenters. The third-order valence-corrected chi connectivity index (χ3v) is 7.35. The fourth-order valence-corrected chi connectivity index (χ4v) is 4.68. The second-order valence-corrected chi connectivity index (χ2v) is 11.4. The zero-order chi connectivity index (χ0) is 27.9. The van der Waals surface area contributed by atoms with Crippen LogP contribution in [0.25, 0.3) is 0 Å². The van der Waals surface area contributed by atoms with Gasteiger partial charge in [0.05, 0.1) is 0 Å². The lowest BCUT2D eigenvalue weighted by Crippen LogP contribution is -2.39. The Morgan fingerprint density at radius 2 is 1.51 bits per heavy atom. The van der Waals surface area contributed by atoms with E-state index in [2.05, 4.69) is 26.5 Å². The van der Waals surface area contributed by atoms with Crippen LogP contribution in [0.2, 0.25) is 0 Å². The summed E-state index contributed by atoms with van der Waals surface area (Å²) < 4.78 is 12.0. The molecule has 6 heteroatoms. The van der Waals surface area contributed by atoms with E-state index in [0.717, 1.165) is 49.7 Å². The smallest absolute Gasteiger partial charge is 0.328 e. The lowest BCUT2D eigenvalue weighted by Gasteiger charge is -2.33. The molecule has 1 aliphatic rings. The van der Waals surface area contributed by atoms with E-state index in [1.807, 2.05) is 46.8 Å². The van der Waals surface area contributed by atoms with Gasteiger partial charge in [0.25, 0.3) is 0 Å². The lowest BCUT2D eigenvalue weighted by molar-refractivity contribution is -0.137. The summed E-state index contributed by atoms with van der Waals surface area (Å²) in [6, 6.07) is 2.31. The Hall–Kier alpha value is -2.44. The second kappa shape index (κ2) is 13.9. The van der Waals surface area contributed by atoms with Crippen LogP contribution in [0.5, 0.6) is 11.5 Å².